The lowest BCUT2D eigenvalue weighted by atomic mass is 10.3. The Morgan fingerprint density at radius 1 is 1.67 bits per heavy atom. The van der Waals surface area contributed by atoms with Crippen molar-refractivity contribution in [1.82, 2.24) is 9.97 Å². The number of H-pyrrole nitrogens is 1. The van der Waals surface area contributed by atoms with E-state index in [-0.39, 0.29) is 11.1 Å². The average molecular weight is 165 g/mol. The van der Waals surface area contributed by atoms with Gasteiger partial charge in [-0.1, -0.05) is 0 Å². The summed E-state index contributed by atoms with van der Waals surface area (Å²) in [6.07, 6.45) is 3.72. The summed E-state index contributed by atoms with van der Waals surface area (Å²) in [5.74, 6) is 0.666. The maximum Gasteiger partial charge on any atom is 0.252 e. The molecule has 64 valence electrons. The van der Waals surface area contributed by atoms with Crippen LogP contribution in [0, 0.1) is 0 Å². The fraction of sp³-hybridized carbons (Fsp3) is 0.500. The minimum absolute atomic E-state index is 0.114. The van der Waals surface area contributed by atoms with E-state index in [1.165, 1.54) is 12.4 Å². The molecule has 0 aliphatic heterocycles. The quantitative estimate of drug-likeness (QED) is 0.679. The molecule has 1 saturated carbocycles. The highest BCUT2D eigenvalue weighted by Crippen LogP contribution is 2.37. The van der Waals surface area contributed by atoms with Gasteiger partial charge in [-0.05, 0) is 19.8 Å². The van der Waals surface area contributed by atoms with Crippen LogP contribution in [0.15, 0.2) is 17.2 Å². The van der Waals surface area contributed by atoms with E-state index in [0.717, 1.165) is 12.8 Å². The number of hydrogen-bond donors (Lipinski definition) is 2. The van der Waals surface area contributed by atoms with Gasteiger partial charge >= 0.3 is 0 Å². The third-order valence-electron chi connectivity index (χ3n) is 2.11. The molecule has 2 rings (SSSR count). The molecule has 1 aromatic rings. The van der Waals surface area contributed by atoms with Crippen molar-refractivity contribution in [1.29, 1.82) is 0 Å². The third kappa shape index (κ3) is 1.47. The number of aromatic amines is 1. The van der Waals surface area contributed by atoms with Crippen LogP contribution in [0.5, 0.6) is 0 Å². The first-order chi connectivity index (χ1) is 5.68. The number of hydrogen-bond acceptors (Lipinski definition) is 3. The Labute approximate surface area is 70.0 Å². The predicted molar refractivity (Wildman–Crippen MR) is 46.1 cm³/mol. The van der Waals surface area contributed by atoms with E-state index in [4.69, 9.17) is 0 Å². The summed E-state index contributed by atoms with van der Waals surface area (Å²) < 4.78 is 0. The molecule has 1 fully saturated rings. The van der Waals surface area contributed by atoms with Crippen LogP contribution < -0.4 is 10.9 Å². The second-order valence-electron chi connectivity index (χ2n) is 3.48. The van der Waals surface area contributed by atoms with E-state index >= 15 is 0 Å². The normalized spacial score (nSPS) is 18.8. The maximum atomic E-state index is 10.9. The standard InChI is InChI=1S/C8H11N3O/c1-8(2-3-8)11-6-4-7(12)10-5-9-6/h4-5H,2-3H2,1H3,(H2,9,10,11,12). The first-order valence-corrected chi connectivity index (χ1v) is 4.01. The molecule has 1 aliphatic rings. The fourth-order valence-electron chi connectivity index (χ4n) is 1.06. The van der Waals surface area contributed by atoms with Crippen molar-refractivity contribution in [2.24, 2.45) is 0 Å². The van der Waals surface area contributed by atoms with Gasteiger partial charge in [0.15, 0.2) is 0 Å². The predicted octanol–water partition coefficient (Wildman–Crippen LogP) is 0.734. The van der Waals surface area contributed by atoms with Gasteiger partial charge in [0, 0.05) is 11.6 Å². The smallest absolute Gasteiger partial charge is 0.252 e. The lowest BCUT2D eigenvalue weighted by molar-refractivity contribution is 0.818. The largest absolute Gasteiger partial charge is 0.365 e. The summed E-state index contributed by atoms with van der Waals surface area (Å²) in [7, 11) is 0. The van der Waals surface area contributed by atoms with Crippen LogP contribution in [-0.2, 0) is 0 Å². The molecule has 4 heteroatoms. The van der Waals surface area contributed by atoms with Crippen molar-refractivity contribution < 1.29 is 0 Å². The van der Waals surface area contributed by atoms with Gasteiger partial charge in [0.05, 0.1) is 6.33 Å². The molecule has 12 heavy (non-hydrogen) atoms. The zero-order valence-corrected chi connectivity index (χ0v) is 6.92. The van der Waals surface area contributed by atoms with E-state index in [1.807, 2.05) is 0 Å². The topological polar surface area (TPSA) is 57.8 Å². The highest BCUT2D eigenvalue weighted by Gasteiger charge is 2.37. The summed E-state index contributed by atoms with van der Waals surface area (Å²) in [5, 5.41) is 3.20. The Bertz CT molecular complexity index is 340. The Balaban J connectivity index is 2.18. The van der Waals surface area contributed by atoms with E-state index in [2.05, 4.69) is 22.2 Å². The minimum Gasteiger partial charge on any atom is -0.365 e. The van der Waals surface area contributed by atoms with E-state index in [1.54, 1.807) is 0 Å². The molecule has 0 radical (unpaired) electrons. The van der Waals surface area contributed by atoms with Crippen molar-refractivity contribution in [2.45, 2.75) is 25.3 Å². The van der Waals surface area contributed by atoms with Gasteiger partial charge in [0.1, 0.15) is 5.82 Å². The Morgan fingerprint density at radius 2 is 2.42 bits per heavy atom. The zero-order chi connectivity index (χ0) is 8.60. The van der Waals surface area contributed by atoms with Gasteiger partial charge in [-0.15, -0.1) is 0 Å². The Kier molecular flexibility index (Phi) is 1.43. The number of nitrogens with one attached hydrogen (secondary N) is 2. The lowest BCUT2D eigenvalue weighted by Gasteiger charge is -2.10. The molecule has 0 bridgehead atoms. The van der Waals surface area contributed by atoms with Crippen molar-refractivity contribution in [3.8, 4) is 0 Å². The summed E-state index contributed by atoms with van der Waals surface area (Å²) in [6, 6.07) is 1.48. The van der Waals surface area contributed by atoms with Gasteiger partial charge in [-0.3, -0.25) is 4.79 Å². The van der Waals surface area contributed by atoms with Gasteiger partial charge in [0.25, 0.3) is 5.56 Å². The van der Waals surface area contributed by atoms with E-state index < -0.39 is 0 Å². The first-order valence-electron chi connectivity index (χ1n) is 4.01. The molecule has 1 heterocycles. The number of anilines is 1. The van der Waals surface area contributed by atoms with Crippen molar-refractivity contribution in [3.05, 3.63) is 22.7 Å². The first kappa shape index (κ1) is 7.34. The van der Waals surface area contributed by atoms with Crippen LogP contribution in [-0.4, -0.2) is 15.5 Å². The Morgan fingerprint density at radius 3 is 3.00 bits per heavy atom. The van der Waals surface area contributed by atoms with Gasteiger partial charge in [0.2, 0.25) is 0 Å². The second kappa shape index (κ2) is 2.33. The molecule has 0 saturated heterocycles. The van der Waals surface area contributed by atoms with Crippen LogP contribution in [0.2, 0.25) is 0 Å². The summed E-state index contributed by atoms with van der Waals surface area (Å²) in [6.45, 7) is 2.12. The van der Waals surface area contributed by atoms with Crippen LogP contribution in [0.3, 0.4) is 0 Å². The minimum atomic E-state index is -0.114. The molecule has 1 aromatic heterocycles. The third-order valence-corrected chi connectivity index (χ3v) is 2.11. The molecule has 0 amide bonds. The summed E-state index contributed by atoms with van der Waals surface area (Å²) in [5.41, 5.74) is 0.0672. The molecule has 0 unspecified atom stereocenters. The summed E-state index contributed by atoms with van der Waals surface area (Å²) in [4.78, 5) is 17.3. The number of nitrogens with zero attached hydrogens (tertiary/aromatic N) is 1. The van der Waals surface area contributed by atoms with Crippen LogP contribution in [0.25, 0.3) is 0 Å². The molecule has 1 aliphatic carbocycles. The number of aromatic nitrogens is 2. The second-order valence-corrected chi connectivity index (χ2v) is 3.48. The number of rotatable bonds is 2. The van der Waals surface area contributed by atoms with E-state index in [0.29, 0.717) is 5.82 Å². The highest BCUT2D eigenvalue weighted by molar-refractivity contribution is 5.37. The SMILES string of the molecule is CC1(Nc2cc(=O)[nH]cn2)CC1. The molecule has 0 spiro atoms. The average Bonchev–Trinajstić information content (AvgIpc) is 2.67. The van der Waals surface area contributed by atoms with Crippen molar-refractivity contribution in [2.75, 3.05) is 5.32 Å². The maximum absolute atomic E-state index is 10.9. The Hall–Kier alpha value is -1.32. The van der Waals surface area contributed by atoms with Crippen LogP contribution >= 0.6 is 0 Å². The molecular weight excluding hydrogens is 154 g/mol. The molecule has 4 nitrogen and oxygen atoms in total. The van der Waals surface area contributed by atoms with Crippen molar-refractivity contribution in [3.63, 3.8) is 0 Å². The van der Waals surface area contributed by atoms with Crippen LogP contribution in [0.1, 0.15) is 19.8 Å². The van der Waals surface area contributed by atoms with Gasteiger partial charge < -0.3 is 10.3 Å². The van der Waals surface area contributed by atoms with E-state index in [9.17, 15) is 4.79 Å². The molecular formula is C8H11N3O. The zero-order valence-electron chi connectivity index (χ0n) is 6.92. The molecule has 2 N–H and O–H groups in total. The van der Waals surface area contributed by atoms with Crippen LogP contribution in [0.4, 0.5) is 5.82 Å². The fourth-order valence-corrected chi connectivity index (χ4v) is 1.06. The van der Waals surface area contributed by atoms with Gasteiger partial charge in [-0.25, -0.2) is 4.98 Å². The molecule has 0 aromatic carbocycles. The van der Waals surface area contributed by atoms with Crippen molar-refractivity contribution >= 4 is 5.82 Å². The molecule has 0 atom stereocenters. The monoisotopic (exact) mass is 165 g/mol. The summed E-state index contributed by atoms with van der Waals surface area (Å²) >= 11 is 0. The van der Waals surface area contributed by atoms with Gasteiger partial charge in [-0.2, -0.15) is 0 Å². The highest BCUT2D eigenvalue weighted by atomic mass is 16.1. The lowest BCUT2D eigenvalue weighted by Crippen LogP contribution is -2.18.